The molecule has 0 spiro atoms. The zero-order valence-electron chi connectivity index (χ0n) is 19.0. The molecule has 0 atom stereocenters. The Morgan fingerprint density at radius 3 is 2.24 bits per heavy atom. The summed E-state index contributed by atoms with van der Waals surface area (Å²) < 4.78 is 6.02. The number of nitrogens with one attached hydrogen (secondary N) is 1. The van der Waals surface area contributed by atoms with Crippen LogP contribution in [-0.4, -0.2) is 48.0 Å². The van der Waals surface area contributed by atoms with Crippen molar-refractivity contribution in [3.63, 3.8) is 0 Å². The zero-order chi connectivity index (χ0) is 22.8. The van der Waals surface area contributed by atoms with Gasteiger partial charge in [-0.1, -0.05) is 36.4 Å². The average Bonchev–Trinajstić information content (AvgIpc) is 2.86. The number of nitrogens with zero attached hydrogens (tertiary/aromatic N) is 5. The molecule has 1 fully saturated rings. The predicted octanol–water partition coefficient (Wildman–Crippen LogP) is 3.48. The van der Waals surface area contributed by atoms with Crippen molar-refractivity contribution in [3.05, 3.63) is 65.5 Å². The molecule has 0 radical (unpaired) electrons. The Bertz CT molecular complexity index is 1110. The van der Waals surface area contributed by atoms with E-state index in [-0.39, 0.29) is 12.5 Å². The van der Waals surface area contributed by atoms with E-state index in [9.17, 15) is 4.79 Å². The van der Waals surface area contributed by atoms with Crippen LogP contribution in [0.15, 0.2) is 48.5 Å². The number of aromatic nitrogens is 3. The summed E-state index contributed by atoms with van der Waals surface area (Å²) in [5.74, 6) is 2.68. The van der Waals surface area contributed by atoms with Crippen molar-refractivity contribution in [3.8, 4) is 11.5 Å². The van der Waals surface area contributed by atoms with E-state index in [1.165, 1.54) is 6.42 Å². The molecule has 170 valence electrons. The molecular weight excluding hydrogens is 416 g/mol. The van der Waals surface area contributed by atoms with Crippen molar-refractivity contribution in [2.24, 2.45) is 0 Å². The second-order valence-corrected chi connectivity index (χ2v) is 8.62. The van der Waals surface area contributed by atoms with Gasteiger partial charge in [-0.05, 0) is 31.4 Å². The number of carbonyl (C=O) groups excluding carboxylic acids is 1. The average molecular weight is 445 g/mol. The molecule has 1 aromatic heterocycles. The van der Waals surface area contributed by atoms with Gasteiger partial charge in [-0.3, -0.25) is 4.79 Å². The molecule has 5 rings (SSSR count). The van der Waals surface area contributed by atoms with Crippen LogP contribution in [0.25, 0.3) is 0 Å². The summed E-state index contributed by atoms with van der Waals surface area (Å²) in [6.45, 7) is 2.11. The Morgan fingerprint density at radius 2 is 1.61 bits per heavy atom. The van der Waals surface area contributed by atoms with E-state index in [1.54, 1.807) is 0 Å². The van der Waals surface area contributed by atoms with Gasteiger partial charge < -0.3 is 19.9 Å². The molecule has 8 nitrogen and oxygen atoms in total. The van der Waals surface area contributed by atoms with E-state index in [0.29, 0.717) is 29.2 Å². The SMILES string of the molecule is CN(C)c1nc(CNC(=O)C2c3ccccc3Oc3ccccc32)nc(N2CCCCC2)n1. The molecular formula is C25H28N6O2. The number of hydrogen-bond acceptors (Lipinski definition) is 7. The number of anilines is 2. The predicted molar refractivity (Wildman–Crippen MR) is 127 cm³/mol. The van der Waals surface area contributed by atoms with Crippen LogP contribution in [0.1, 0.15) is 42.1 Å². The number of fused-ring (bicyclic) bond motifs is 2. The van der Waals surface area contributed by atoms with Crippen LogP contribution in [0.3, 0.4) is 0 Å². The van der Waals surface area contributed by atoms with E-state index in [0.717, 1.165) is 37.1 Å². The van der Waals surface area contributed by atoms with Gasteiger partial charge >= 0.3 is 0 Å². The lowest BCUT2D eigenvalue weighted by Crippen LogP contribution is -2.34. The van der Waals surface area contributed by atoms with Crippen molar-refractivity contribution < 1.29 is 9.53 Å². The van der Waals surface area contributed by atoms with Crippen LogP contribution in [0.2, 0.25) is 0 Å². The zero-order valence-corrected chi connectivity index (χ0v) is 19.0. The number of rotatable bonds is 5. The van der Waals surface area contributed by atoms with E-state index in [1.807, 2.05) is 67.5 Å². The molecule has 2 aromatic carbocycles. The van der Waals surface area contributed by atoms with Gasteiger partial charge in [-0.15, -0.1) is 0 Å². The summed E-state index contributed by atoms with van der Waals surface area (Å²) in [4.78, 5) is 31.4. The highest BCUT2D eigenvalue weighted by Crippen LogP contribution is 2.43. The summed E-state index contributed by atoms with van der Waals surface area (Å²) in [6, 6.07) is 15.4. The number of carbonyl (C=O) groups is 1. The number of hydrogen-bond donors (Lipinski definition) is 1. The highest BCUT2D eigenvalue weighted by molar-refractivity contribution is 5.89. The van der Waals surface area contributed by atoms with Gasteiger partial charge in [-0.25, -0.2) is 0 Å². The van der Waals surface area contributed by atoms with E-state index >= 15 is 0 Å². The molecule has 2 aliphatic heterocycles. The molecule has 33 heavy (non-hydrogen) atoms. The van der Waals surface area contributed by atoms with Gasteiger partial charge in [0.2, 0.25) is 17.8 Å². The van der Waals surface area contributed by atoms with Gasteiger partial charge in [0, 0.05) is 38.3 Å². The highest BCUT2D eigenvalue weighted by Gasteiger charge is 2.32. The largest absolute Gasteiger partial charge is 0.457 e. The molecule has 1 amide bonds. The third kappa shape index (κ3) is 4.33. The van der Waals surface area contributed by atoms with Gasteiger partial charge in [0.25, 0.3) is 0 Å². The van der Waals surface area contributed by atoms with Crippen molar-refractivity contribution in [2.75, 3.05) is 37.0 Å². The highest BCUT2D eigenvalue weighted by atomic mass is 16.5. The molecule has 3 heterocycles. The van der Waals surface area contributed by atoms with Gasteiger partial charge in [0.15, 0.2) is 5.82 Å². The minimum atomic E-state index is -0.456. The quantitative estimate of drug-likeness (QED) is 0.645. The summed E-state index contributed by atoms with van der Waals surface area (Å²) in [5, 5.41) is 3.06. The lowest BCUT2D eigenvalue weighted by atomic mass is 9.87. The minimum absolute atomic E-state index is 0.107. The van der Waals surface area contributed by atoms with Crippen LogP contribution in [0.5, 0.6) is 11.5 Å². The van der Waals surface area contributed by atoms with Crippen LogP contribution < -0.4 is 19.9 Å². The molecule has 0 saturated carbocycles. The van der Waals surface area contributed by atoms with Gasteiger partial charge in [-0.2, -0.15) is 15.0 Å². The van der Waals surface area contributed by atoms with Gasteiger partial charge in [0.1, 0.15) is 11.5 Å². The lowest BCUT2D eigenvalue weighted by molar-refractivity contribution is -0.122. The van der Waals surface area contributed by atoms with Gasteiger partial charge in [0.05, 0.1) is 12.5 Å². The monoisotopic (exact) mass is 444 g/mol. The molecule has 0 aliphatic carbocycles. The maximum absolute atomic E-state index is 13.4. The van der Waals surface area contributed by atoms with E-state index in [4.69, 9.17) is 4.74 Å². The lowest BCUT2D eigenvalue weighted by Gasteiger charge is -2.28. The molecule has 2 aliphatic rings. The fourth-order valence-electron chi connectivity index (χ4n) is 4.37. The molecule has 8 heteroatoms. The molecule has 0 bridgehead atoms. The van der Waals surface area contributed by atoms with Crippen molar-refractivity contribution in [2.45, 2.75) is 31.7 Å². The molecule has 1 N–H and O–H groups in total. The first kappa shape index (κ1) is 21.2. The third-order valence-corrected chi connectivity index (χ3v) is 6.06. The Hall–Kier alpha value is -3.68. The molecule has 1 saturated heterocycles. The summed E-state index contributed by atoms with van der Waals surface area (Å²) in [5.41, 5.74) is 1.71. The van der Waals surface area contributed by atoms with Crippen LogP contribution in [0.4, 0.5) is 11.9 Å². The second kappa shape index (κ2) is 9.05. The molecule has 3 aromatic rings. The standard InChI is InChI=1S/C25H28N6O2/c1-30(2)24-27-21(28-25(29-24)31-14-8-3-9-15-31)16-26-23(32)22-17-10-4-6-12-19(17)33-20-13-7-5-11-18(20)22/h4-7,10-13,22H,3,8-9,14-16H2,1-2H3,(H,26,32). The second-order valence-electron chi connectivity index (χ2n) is 8.62. The number of piperidine rings is 1. The normalized spacial score (nSPS) is 15.3. The number of ether oxygens (including phenoxy) is 1. The third-order valence-electron chi connectivity index (χ3n) is 6.06. The first-order chi connectivity index (χ1) is 16.1. The van der Waals surface area contributed by atoms with E-state index < -0.39 is 5.92 Å². The number of amides is 1. The smallest absolute Gasteiger partial charge is 0.232 e. The summed E-state index contributed by atoms with van der Waals surface area (Å²) >= 11 is 0. The van der Waals surface area contributed by atoms with Crippen molar-refractivity contribution in [1.82, 2.24) is 20.3 Å². The van der Waals surface area contributed by atoms with E-state index in [2.05, 4.69) is 25.2 Å². The molecule has 0 unspecified atom stereocenters. The minimum Gasteiger partial charge on any atom is -0.457 e. The maximum atomic E-state index is 13.4. The summed E-state index contributed by atoms with van der Waals surface area (Å²) in [7, 11) is 3.82. The first-order valence-electron chi connectivity index (χ1n) is 11.4. The van der Waals surface area contributed by atoms with Crippen molar-refractivity contribution >= 4 is 17.8 Å². The Balaban J connectivity index is 1.40. The van der Waals surface area contributed by atoms with Crippen molar-refractivity contribution in [1.29, 1.82) is 0 Å². The number of para-hydroxylation sites is 2. The Kier molecular flexibility index (Phi) is 5.81. The van der Waals surface area contributed by atoms with Crippen LogP contribution >= 0.6 is 0 Å². The Morgan fingerprint density at radius 1 is 0.970 bits per heavy atom. The van der Waals surface area contributed by atoms with Crippen LogP contribution in [0, 0.1) is 0 Å². The van der Waals surface area contributed by atoms with Crippen LogP contribution in [-0.2, 0) is 11.3 Å². The Labute approximate surface area is 193 Å². The topological polar surface area (TPSA) is 83.5 Å². The maximum Gasteiger partial charge on any atom is 0.232 e. The first-order valence-corrected chi connectivity index (χ1v) is 11.4. The summed E-state index contributed by atoms with van der Waals surface area (Å²) in [6.07, 6.45) is 3.51. The fraction of sp³-hybridized carbons (Fsp3) is 0.360. The number of benzene rings is 2. The fourth-order valence-corrected chi connectivity index (χ4v) is 4.37.